The predicted octanol–water partition coefficient (Wildman–Crippen LogP) is 3.90. The number of esters is 1. The lowest BCUT2D eigenvalue weighted by Crippen LogP contribution is -2.29. The van der Waals surface area contributed by atoms with Crippen LogP contribution in [0.25, 0.3) is 6.08 Å². The number of rotatable bonds is 6. The molecule has 0 saturated carbocycles. The summed E-state index contributed by atoms with van der Waals surface area (Å²) >= 11 is 0. The Bertz CT molecular complexity index is 809. The molecule has 136 valence electrons. The van der Waals surface area contributed by atoms with Crippen LogP contribution in [0, 0.1) is 13.8 Å². The number of aryl methyl sites for hydroxylation is 1. The van der Waals surface area contributed by atoms with Crippen LogP contribution >= 0.6 is 0 Å². The molecule has 2 aromatic rings. The summed E-state index contributed by atoms with van der Waals surface area (Å²) in [5.41, 5.74) is 3.61. The molecular weight excluding hydrogens is 330 g/mol. The molecule has 0 aliphatic rings. The molecule has 0 fully saturated rings. The highest BCUT2D eigenvalue weighted by molar-refractivity contribution is 5.97. The first kappa shape index (κ1) is 19.2. The van der Waals surface area contributed by atoms with Crippen molar-refractivity contribution in [3.8, 4) is 5.75 Å². The number of nitrogens with one attached hydrogen (secondary N) is 1. The number of carbonyl (C=O) groups is 2. The van der Waals surface area contributed by atoms with Gasteiger partial charge in [0.15, 0.2) is 6.10 Å². The van der Waals surface area contributed by atoms with Gasteiger partial charge in [0, 0.05) is 11.8 Å². The minimum Gasteiger partial charge on any atom is -0.497 e. The number of amides is 1. The number of anilines is 1. The molecule has 1 amide bonds. The van der Waals surface area contributed by atoms with Crippen LogP contribution in [0.2, 0.25) is 0 Å². The van der Waals surface area contributed by atoms with E-state index in [1.54, 1.807) is 32.2 Å². The zero-order valence-corrected chi connectivity index (χ0v) is 15.4. The Morgan fingerprint density at radius 2 is 1.77 bits per heavy atom. The summed E-state index contributed by atoms with van der Waals surface area (Å²) < 4.78 is 10.2. The van der Waals surface area contributed by atoms with Gasteiger partial charge in [-0.2, -0.15) is 0 Å². The van der Waals surface area contributed by atoms with Crippen molar-refractivity contribution in [3.63, 3.8) is 0 Å². The van der Waals surface area contributed by atoms with Crippen LogP contribution in [0.5, 0.6) is 5.75 Å². The molecule has 0 saturated heterocycles. The number of methoxy groups -OCH3 is 1. The number of carbonyl (C=O) groups excluding carboxylic acids is 2. The Morgan fingerprint density at radius 1 is 1.08 bits per heavy atom. The van der Waals surface area contributed by atoms with Crippen molar-refractivity contribution in [2.75, 3.05) is 12.4 Å². The van der Waals surface area contributed by atoms with Crippen molar-refractivity contribution in [3.05, 3.63) is 65.2 Å². The average molecular weight is 353 g/mol. The van der Waals surface area contributed by atoms with Gasteiger partial charge in [0.05, 0.1) is 7.11 Å². The fourth-order valence-corrected chi connectivity index (χ4v) is 2.27. The average Bonchev–Trinajstić information content (AvgIpc) is 2.64. The Hall–Kier alpha value is -3.08. The Balaban J connectivity index is 1.91. The van der Waals surface area contributed by atoms with Gasteiger partial charge < -0.3 is 14.8 Å². The molecule has 0 aliphatic carbocycles. The van der Waals surface area contributed by atoms with Gasteiger partial charge in [-0.25, -0.2) is 4.79 Å². The molecule has 1 atom stereocenters. The van der Waals surface area contributed by atoms with Crippen molar-refractivity contribution < 1.29 is 19.1 Å². The Kier molecular flexibility index (Phi) is 6.55. The van der Waals surface area contributed by atoms with E-state index in [2.05, 4.69) is 5.32 Å². The molecule has 26 heavy (non-hydrogen) atoms. The second kappa shape index (κ2) is 8.85. The summed E-state index contributed by atoms with van der Waals surface area (Å²) in [6.45, 7) is 5.44. The van der Waals surface area contributed by atoms with Gasteiger partial charge in [-0.05, 0) is 61.7 Å². The zero-order valence-electron chi connectivity index (χ0n) is 15.4. The molecule has 0 bridgehead atoms. The maximum atomic E-state index is 12.2. The minimum atomic E-state index is -0.900. The molecule has 1 unspecified atom stereocenters. The molecule has 0 heterocycles. The lowest BCUT2D eigenvalue weighted by molar-refractivity contribution is -0.148. The van der Waals surface area contributed by atoms with Gasteiger partial charge in [0.1, 0.15) is 5.75 Å². The largest absolute Gasteiger partial charge is 0.497 e. The fourth-order valence-electron chi connectivity index (χ4n) is 2.27. The number of hydrogen-bond acceptors (Lipinski definition) is 4. The highest BCUT2D eigenvalue weighted by atomic mass is 16.5. The summed E-state index contributed by atoms with van der Waals surface area (Å²) in [5, 5.41) is 2.79. The monoisotopic (exact) mass is 353 g/mol. The molecule has 0 spiro atoms. The van der Waals surface area contributed by atoms with Crippen molar-refractivity contribution in [1.82, 2.24) is 0 Å². The SMILES string of the molecule is COc1ccc(C=CC(=O)OC(C)C(=O)Nc2cccc(C)c2C)cc1. The van der Waals surface area contributed by atoms with Crippen LogP contribution in [0.15, 0.2) is 48.5 Å². The predicted molar refractivity (Wildman–Crippen MR) is 102 cm³/mol. The first-order chi connectivity index (χ1) is 12.4. The first-order valence-electron chi connectivity index (χ1n) is 8.30. The lowest BCUT2D eigenvalue weighted by Gasteiger charge is -2.14. The Labute approximate surface area is 153 Å². The van der Waals surface area contributed by atoms with Crippen molar-refractivity contribution in [2.45, 2.75) is 26.9 Å². The third-order valence-corrected chi connectivity index (χ3v) is 4.05. The highest BCUT2D eigenvalue weighted by Crippen LogP contribution is 2.18. The molecule has 0 radical (unpaired) electrons. The number of benzene rings is 2. The van der Waals surface area contributed by atoms with Gasteiger partial charge in [-0.3, -0.25) is 4.79 Å². The topological polar surface area (TPSA) is 64.6 Å². The van der Waals surface area contributed by atoms with E-state index in [1.807, 2.05) is 44.2 Å². The van der Waals surface area contributed by atoms with E-state index < -0.39 is 12.1 Å². The minimum absolute atomic E-state index is 0.370. The van der Waals surface area contributed by atoms with Crippen LogP contribution in [0.3, 0.4) is 0 Å². The molecular formula is C21H23NO4. The fraction of sp³-hybridized carbons (Fsp3) is 0.238. The van der Waals surface area contributed by atoms with E-state index in [1.165, 1.54) is 6.08 Å². The van der Waals surface area contributed by atoms with Gasteiger partial charge >= 0.3 is 5.97 Å². The molecule has 5 heteroatoms. The molecule has 0 aliphatic heterocycles. The third kappa shape index (κ3) is 5.21. The van der Waals surface area contributed by atoms with Crippen molar-refractivity contribution >= 4 is 23.6 Å². The summed E-state index contributed by atoms with van der Waals surface area (Å²) in [6, 6.07) is 12.9. The van der Waals surface area contributed by atoms with E-state index in [-0.39, 0.29) is 5.91 Å². The summed E-state index contributed by atoms with van der Waals surface area (Å²) in [6.07, 6.45) is 2.02. The number of ether oxygens (including phenoxy) is 2. The molecule has 1 N–H and O–H groups in total. The maximum absolute atomic E-state index is 12.2. The third-order valence-electron chi connectivity index (χ3n) is 4.05. The van der Waals surface area contributed by atoms with Crippen LogP contribution in [-0.2, 0) is 14.3 Å². The van der Waals surface area contributed by atoms with Crippen LogP contribution < -0.4 is 10.1 Å². The molecule has 2 aromatic carbocycles. The van der Waals surface area contributed by atoms with Gasteiger partial charge in [0.2, 0.25) is 0 Å². The van der Waals surface area contributed by atoms with E-state index >= 15 is 0 Å². The van der Waals surface area contributed by atoms with E-state index in [0.717, 1.165) is 22.4 Å². The zero-order chi connectivity index (χ0) is 19.1. The van der Waals surface area contributed by atoms with Crippen molar-refractivity contribution in [2.24, 2.45) is 0 Å². The number of hydrogen-bond donors (Lipinski definition) is 1. The summed E-state index contributed by atoms with van der Waals surface area (Å²) in [5.74, 6) is -0.212. The first-order valence-corrected chi connectivity index (χ1v) is 8.30. The van der Waals surface area contributed by atoms with E-state index in [9.17, 15) is 9.59 Å². The van der Waals surface area contributed by atoms with E-state index in [4.69, 9.17) is 9.47 Å². The van der Waals surface area contributed by atoms with Crippen LogP contribution in [0.4, 0.5) is 5.69 Å². The Morgan fingerprint density at radius 3 is 2.42 bits per heavy atom. The summed E-state index contributed by atoms with van der Waals surface area (Å²) in [4.78, 5) is 24.1. The molecule has 2 rings (SSSR count). The van der Waals surface area contributed by atoms with Gasteiger partial charge in [-0.1, -0.05) is 24.3 Å². The summed E-state index contributed by atoms with van der Waals surface area (Å²) in [7, 11) is 1.59. The smallest absolute Gasteiger partial charge is 0.331 e. The van der Waals surface area contributed by atoms with Crippen molar-refractivity contribution in [1.29, 1.82) is 0 Å². The van der Waals surface area contributed by atoms with Crippen LogP contribution in [0.1, 0.15) is 23.6 Å². The van der Waals surface area contributed by atoms with E-state index in [0.29, 0.717) is 5.69 Å². The lowest BCUT2D eigenvalue weighted by atomic mass is 10.1. The second-order valence-electron chi connectivity index (χ2n) is 5.92. The van der Waals surface area contributed by atoms with Gasteiger partial charge in [-0.15, -0.1) is 0 Å². The highest BCUT2D eigenvalue weighted by Gasteiger charge is 2.17. The quantitative estimate of drug-likeness (QED) is 0.632. The molecule has 0 aromatic heterocycles. The normalized spacial score (nSPS) is 11.8. The maximum Gasteiger partial charge on any atom is 0.331 e. The standard InChI is InChI=1S/C21H23NO4/c1-14-6-5-7-19(15(14)2)22-21(24)16(3)26-20(23)13-10-17-8-11-18(25-4)12-9-17/h5-13,16H,1-4H3,(H,22,24). The van der Waals surface area contributed by atoms with Crippen LogP contribution in [-0.4, -0.2) is 25.1 Å². The van der Waals surface area contributed by atoms with Gasteiger partial charge in [0.25, 0.3) is 5.91 Å². The second-order valence-corrected chi connectivity index (χ2v) is 5.92. The molecule has 5 nitrogen and oxygen atoms in total.